The van der Waals surface area contributed by atoms with Crippen molar-refractivity contribution in [3.05, 3.63) is 35.4 Å². The molecule has 1 fully saturated rings. The highest BCUT2D eigenvalue weighted by atomic mass is 16.3. The van der Waals surface area contributed by atoms with Crippen LogP contribution in [0.15, 0.2) is 24.3 Å². The van der Waals surface area contributed by atoms with Crippen molar-refractivity contribution in [1.82, 2.24) is 0 Å². The molecule has 1 aromatic carbocycles. The Kier molecular flexibility index (Phi) is 3.42. The molecule has 0 saturated heterocycles. The predicted molar refractivity (Wildman–Crippen MR) is 62.8 cm³/mol. The summed E-state index contributed by atoms with van der Waals surface area (Å²) in [4.78, 5) is 0. The fourth-order valence-corrected chi connectivity index (χ4v) is 2.55. The third kappa shape index (κ3) is 2.60. The second-order valence-electron chi connectivity index (χ2n) is 4.74. The van der Waals surface area contributed by atoms with Gasteiger partial charge < -0.3 is 5.11 Å². The molecule has 0 aromatic heterocycles. The fraction of sp³-hybridized carbons (Fsp3) is 0.571. The van der Waals surface area contributed by atoms with Gasteiger partial charge in [0.2, 0.25) is 0 Å². The number of aliphatic hydroxyl groups is 1. The van der Waals surface area contributed by atoms with Gasteiger partial charge in [0.1, 0.15) is 0 Å². The number of rotatable bonds is 2. The normalized spacial score (nSPS) is 26.5. The number of aliphatic hydroxyl groups excluding tert-OH is 1. The van der Waals surface area contributed by atoms with Crippen LogP contribution < -0.4 is 0 Å². The molecule has 0 spiro atoms. The zero-order valence-corrected chi connectivity index (χ0v) is 9.45. The Hall–Kier alpha value is -0.820. The zero-order chi connectivity index (χ0) is 10.7. The van der Waals surface area contributed by atoms with Crippen molar-refractivity contribution in [3.63, 3.8) is 0 Å². The summed E-state index contributed by atoms with van der Waals surface area (Å²) >= 11 is 0. The summed E-state index contributed by atoms with van der Waals surface area (Å²) in [5.74, 6) is 0.486. The fourth-order valence-electron chi connectivity index (χ4n) is 2.55. The maximum atomic E-state index is 9.92. The van der Waals surface area contributed by atoms with E-state index in [1.807, 2.05) is 0 Å². The van der Waals surface area contributed by atoms with Crippen molar-refractivity contribution in [2.45, 2.75) is 45.1 Å². The van der Waals surface area contributed by atoms with E-state index in [9.17, 15) is 5.11 Å². The van der Waals surface area contributed by atoms with Crippen LogP contribution in [0.5, 0.6) is 0 Å². The van der Waals surface area contributed by atoms with E-state index in [1.54, 1.807) is 0 Å². The summed E-state index contributed by atoms with van der Waals surface area (Å²) in [6.45, 7) is 2.16. The van der Waals surface area contributed by atoms with E-state index in [0.29, 0.717) is 5.92 Å². The standard InChI is InChI=1S/C14H20O/c1-11-6-2-3-7-12(11)10-13-8-4-5-9-14(13)15/h2-3,6-7,13-15H,4-5,8-10H2,1H3. The molecule has 82 valence electrons. The van der Waals surface area contributed by atoms with Crippen molar-refractivity contribution in [3.8, 4) is 0 Å². The molecule has 2 atom stereocenters. The van der Waals surface area contributed by atoms with Gasteiger partial charge in [-0.15, -0.1) is 0 Å². The average molecular weight is 204 g/mol. The molecular weight excluding hydrogens is 184 g/mol. The lowest BCUT2D eigenvalue weighted by molar-refractivity contribution is 0.0699. The van der Waals surface area contributed by atoms with E-state index < -0.39 is 0 Å². The Bertz CT molecular complexity index is 319. The van der Waals surface area contributed by atoms with E-state index in [1.165, 1.54) is 30.4 Å². The molecular formula is C14H20O. The van der Waals surface area contributed by atoms with Gasteiger partial charge in [-0.2, -0.15) is 0 Å². The molecule has 1 heteroatoms. The Balaban J connectivity index is 2.04. The highest BCUT2D eigenvalue weighted by Crippen LogP contribution is 2.28. The largest absolute Gasteiger partial charge is 0.393 e. The van der Waals surface area contributed by atoms with E-state index in [0.717, 1.165) is 12.8 Å². The van der Waals surface area contributed by atoms with Crippen LogP contribution in [0, 0.1) is 12.8 Å². The molecule has 0 bridgehead atoms. The summed E-state index contributed by atoms with van der Waals surface area (Å²) in [6.07, 6.45) is 5.65. The topological polar surface area (TPSA) is 20.2 Å². The molecule has 1 nitrogen and oxygen atoms in total. The first-order valence-corrected chi connectivity index (χ1v) is 6.00. The highest BCUT2D eigenvalue weighted by Gasteiger charge is 2.23. The van der Waals surface area contributed by atoms with Crippen LogP contribution in [0.25, 0.3) is 0 Å². The first-order valence-electron chi connectivity index (χ1n) is 6.00. The smallest absolute Gasteiger partial charge is 0.0571 e. The van der Waals surface area contributed by atoms with E-state index in [2.05, 4.69) is 31.2 Å². The van der Waals surface area contributed by atoms with Gasteiger partial charge in [0.05, 0.1) is 6.10 Å². The summed E-state index contributed by atoms with van der Waals surface area (Å²) in [7, 11) is 0. The minimum atomic E-state index is -0.0710. The summed E-state index contributed by atoms with van der Waals surface area (Å²) < 4.78 is 0. The van der Waals surface area contributed by atoms with Crippen LogP contribution >= 0.6 is 0 Å². The van der Waals surface area contributed by atoms with Gasteiger partial charge in [0.25, 0.3) is 0 Å². The molecule has 0 aliphatic heterocycles. The molecule has 2 unspecified atom stereocenters. The Morgan fingerprint density at radius 2 is 1.93 bits per heavy atom. The van der Waals surface area contributed by atoms with Crippen LogP contribution in [0.4, 0.5) is 0 Å². The third-order valence-electron chi connectivity index (χ3n) is 3.61. The second kappa shape index (κ2) is 4.80. The molecule has 15 heavy (non-hydrogen) atoms. The Morgan fingerprint density at radius 3 is 2.67 bits per heavy atom. The molecule has 2 rings (SSSR count). The van der Waals surface area contributed by atoms with Crippen molar-refractivity contribution >= 4 is 0 Å². The van der Waals surface area contributed by atoms with Crippen molar-refractivity contribution in [2.75, 3.05) is 0 Å². The molecule has 0 heterocycles. The quantitative estimate of drug-likeness (QED) is 0.785. The number of benzene rings is 1. The van der Waals surface area contributed by atoms with Crippen LogP contribution in [-0.2, 0) is 6.42 Å². The minimum Gasteiger partial charge on any atom is -0.393 e. The monoisotopic (exact) mass is 204 g/mol. The van der Waals surface area contributed by atoms with Gasteiger partial charge in [0.15, 0.2) is 0 Å². The Morgan fingerprint density at radius 1 is 1.20 bits per heavy atom. The number of aryl methyl sites for hydroxylation is 1. The summed E-state index contributed by atoms with van der Waals surface area (Å²) in [6, 6.07) is 8.52. The van der Waals surface area contributed by atoms with E-state index >= 15 is 0 Å². The lowest BCUT2D eigenvalue weighted by Gasteiger charge is -2.28. The molecule has 1 N–H and O–H groups in total. The van der Waals surface area contributed by atoms with Gasteiger partial charge in [0, 0.05) is 0 Å². The summed E-state index contributed by atoms with van der Waals surface area (Å²) in [5, 5.41) is 9.92. The molecule has 0 amide bonds. The van der Waals surface area contributed by atoms with Crippen molar-refractivity contribution in [2.24, 2.45) is 5.92 Å². The lowest BCUT2D eigenvalue weighted by Crippen LogP contribution is -2.26. The van der Waals surface area contributed by atoms with E-state index in [-0.39, 0.29) is 6.10 Å². The number of hydrogen-bond donors (Lipinski definition) is 1. The van der Waals surface area contributed by atoms with Crippen molar-refractivity contribution < 1.29 is 5.11 Å². The molecule has 0 radical (unpaired) electrons. The third-order valence-corrected chi connectivity index (χ3v) is 3.61. The highest BCUT2D eigenvalue weighted by molar-refractivity contribution is 5.26. The van der Waals surface area contributed by atoms with E-state index in [4.69, 9.17) is 0 Å². The molecule has 1 aliphatic rings. The van der Waals surface area contributed by atoms with Crippen LogP contribution in [-0.4, -0.2) is 11.2 Å². The molecule has 1 aromatic rings. The second-order valence-corrected chi connectivity index (χ2v) is 4.74. The van der Waals surface area contributed by atoms with Gasteiger partial charge in [-0.25, -0.2) is 0 Å². The predicted octanol–water partition coefficient (Wildman–Crippen LogP) is 3.09. The SMILES string of the molecule is Cc1ccccc1CC1CCCCC1O. The van der Waals surface area contributed by atoms with Gasteiger partial charge in [-0.3, -0.25) is 0 Å². The average Bonchev–Trinajstić information content (AvgIpc) is 2.24. The summed E-state index contributed by atoms with van der Waals surface area (Å²) in [5.41, 5.74) is 2.76. The van der Waals surface area contributed by atoms with Crippen LogP contribution in [0.2, 0.25) is 0 Å². The van der Waals surface area contributed by atoms with Crippen LogP contribution in [0.1, 0.15) is 36.8 Å². The maximum Gasteiger partial charge on any atom is 0.0571 e. The van der Waals surface area contributed by atoms with Gasteiger partial charge >= 0.3 is 0 Å². The van der Waals surface area contributed by atoms with Gasteiger partial charge in [-0.05, 0) is 43.2 Å². The minimum absolute atomic E-state index is 0.0710. The van der Waals surface area contributed by atoms with Crippen LogP contribution in [0.3, 0.4) is 0 Å². The zero-order valence-electron chi connectivity index (χ0n) is 9.45. The lowest BCUT2D eigenvalue weighted by atomic mass is 9.82. The number of hydrogen-bond acceptors (Lipinski definition) is 1. The molecule has 1 aliphatic carbocycles. The first-order chi connectivity index (χ1) is 7.27. The van der Waals surface area contributed by atoms with Crippen molar-refractivity contribution in [1.29, 1.82) is 0 Å². The Labute approximate surface area is 92.1 Å². The van der Waals surface area contributed by atoms with Gasteiger partial charge in [-0.1, -0.05) is 37.1 Å². The maximum absolute atomic E-state index is 9.92. The first kappa shape index (κ1) is 10.7. The molecule has 1 saturated carbocycles.